The van der Waals surface area contributed by atoms with Gasteiger partial charge in [0.2, 0.25) is 5.91 Å². The molecule has 8 nitrogen and oxygen atoms in total. The summed E-state index contributed by atoms with van der Waals surface area (Å²) in [4.78, 5) is 42.9. The Hall–Kier alpha value is -2.20. The molecule has 1 aliphatic heterocycles. The molecule has 1 atom stereocenters. The lowest BCUT2D eigenvalue weighted by Crippen LogP contribution is -2.47. The number of hydrogen-bond acceptors (Lipinski definition) is 6. The maximum atomic E-state index is 14.0. The Morgan fingerprint density at radius 2 is 1.84 bits per heavy atom. The molecule has 32 heavy (non-hydrogen) atoms. The number of fused-ring (bicyclic) bond motifs is 1. The van der Waals surface area contributed by atoms with Crippen LogP contribution in [-0.4, -0.2) is 48.8 Å². The Morgan fingerprint density at radius 1 is 1.19 bits per heavy atom. The molecule has 1 saturated carbocycles. The minimum Gasteiger partial charge on any atom is -0.383 e. The van der Waals surface area contributed by atoms with Crippen LogP contribution in [0.25, 0.3) is 11.0 Å². The highest BCUT2D eigenvalue weighted by molar-refractivity contribution is 7.99. The molecule has 0 bridgehead atoms. The normalized spacial score (nSPS) is 23.2. The summed E-state index contributed by atoms with van der Waals surface area (Å²) in [7, 11) is 0. The van der Waals surface area contributed by atoms with Crippen molar-refractivity contribution in [3.05, 3.63) is 38.9 Å². The summed E-state index contributed by atoms with van der Waals surface area (Å²) < 4.78 is 16.9. The van der Waals surface area contributed by atoms with E-state index in [4.69, 9.17) is 0 Å². The average molecular weight is 465 g/mol. The molecule has 1 saturated heterocycles. The number of carbonyl (C=O) groups excluding carboxylic acids is 1. The summed E-state index contributed by atoms with van der Waals surface area (Å²) in [5, 5.41) is 12.7. The molecule has 2 fully saturated rings. The third kappa shape index (κ3) is 4.47. The fraction of sp³-hybridized carbons (Fsp3) is 0.636. The number of rotatable bonds is 5. The van der Waals surface area contributed by atoms with Gasteiger partial charge in [0.15, 0.2) is 0 Å². The number of aliphatic hydroxyl groups excluding tert-OH is 1. The molecule has 2 aromatic heterocycles. The van der Waals surface area contributed by atoms with E-state index < -0.39 is 23.4 Å². The second kappa shape index (κ2) is 9.74. The first kappa shape index (κ1) is 23.0. The highest BCUT2D eigenvalue weighted by Crippen LogP contribution is 2.30. The van der Waals surface area contributed by atoms with Gasteiger partial charge in [-0.05, 0) is 62.5 Å². The van der Waals surface area contributed by atoms with Crippen molar-refractivity contribution >= 4 is 28.7 Å². The van der Waals surface area contributed by atoms with Gasteiger partial charge in [-0.25, -0.2) is 14.2 Å². The number of halogens is 1. The van der Waals surface area contributed by atoms with Crippen LogP contribution in [0.4, 0.5) is 4.39 Å². The van der Waals surface area contributed by atoms with Crippen LogP contribution < -0.4 is 16.6 Å². The first-order chi connectivity index (χ1) is 15.4. The van der Waals surface area contributed by atoms with Crippen molar-refractivity contribution in [2.24, 2.45) is 0 Å². The maximum absolute atomic E-state index is 14.0. The van der Waals surface area contributed by atoms with Gasteiger partial charge in [0, 0.05) is 18.1 Å². The smallest absolute Gasteiger partial charge is 0.333 e. The molecule has 1 aliphatic carbocycles. The SMILES string of the molecule is CCC(O)C(=O)N[C@H]1CC[C@@H](n2c(=O)c3cc(F)cnc3n(C3CCSCC3)c2=O)CC1. The molecule has 3 heterocycles. The zero-order chi connectivity index (χ0) is 22.8. The van der Waals surface area contributed by atoms with Crippen molar-refractivity contribution in [1.82, 2.24) is 19.4 Å². The summed E-state index contributed by atoms with van der Waals surface area (Å²) in [6.07, 6.45) is 4.24. The molecule has 2 N–H and O–H groups in total. The van der Waals surface area contributed by atoms with Crippen LogP contribution in [0.5, 0.6) is 0 Å². The van der Waals surface area contributed by atoms with Gasteiger partial charge >= 0.3 is 5.69 Å². The van der Waals surface area contributed by atoms with Crippen molar-refractivity contribution in [3.8, 4) is 0 Å². The van der Waals surface area contributed by atoms with E-state index in [1.54, 1.807) is 11.5 Å². The molecule has 174 valence electrons. The number of carbonyl (C=O) groups is 1. The van der Waals surface area contributed by atoms with Crippen LogP contribution in [0.15, 0.2) is 21.9 Å². The fourth-order valence-corrected chi connectivity index (χ4v) is 5.84. The van der Waals surface area contributed by atoms with Gasteiger partial charge in [-0.3, -0.25) is 18.7 Å². The highest BCUT2D eigenvalue weighted by Gasteiger charge is 2.30. The van der Waals surface area contributed by atoms with Crippen molar-refractivity contribution in [2.45, 2.75) is 76.1 Å². The summed E-state index contributed by atoms with van der Waals surface area (Å²) in [6.45, 7) is 1.74. The first-order valence-corrected chi connectivity index (χ1v) is 12.4. The molecular weight excluding hydrogens is 435 g/mol. The van der Waals surface area contributed by atoms with E-state index in [0.29, 0.717) is 32.1 Å². The number of aliphatic hydroxyl groups is 1. The number of amides is 1. The van der Waals surface area contributed by atoms with Crippen LogP contribution in [0, 0.1) is 5.82 Å². The number of aromatic nitrogens is 3. The van der Waals surface area contributed by atoms with Gasteiger partial charge in [0.25, 0.3) is 5.56 Å². The van der Waals surface area contributed by atoms with Crippen LogP contribution >= 0.6 is 11.8 Å². The monoisotopic (exact) mass is 464 g/mol. The van der Waals surface area contributed by atoms with Crippen molar-refractivity contribution in [2.75, 3.05) is 11.5 Å². The first-order valence-electron chi connectivity index (χ1n) is 11.3. The van der Waals surface area contributed by atoms with Gasteiger partial charge in [0.05, 0.1) is 11.6 Å². The summed E-state index contributed by atoms with van der Waals surface area (Å²) >= 11 is 1.83. The molecule has 0 radical (unpaired) electrons. The molecule has 1 unspecified atom stereocenters. The van der Waals surface area contributed by atoms with Crippen LogP contribution in [0.3, 0.4) is 0 Å². The molecular formula is C22H29FN4O4S. The quantitative estimate of drug-likeness (QED) is 0.702. The van der Waals surface area contributed by atoms with Crippen LogP contribution in [0.2, 0.25) is 0 Å². The van der Waals surface area contributed by atoms with Gasteiger partial charge in [-0.2, -0.15) is 11.8 Å². The number of pyridine rings is 1. The lowest BCUT2D eigenvalue weighted by molar-refractivity contribution is -0.130. The Kier molecular flexibility index (Phi) is 6.99. The lowest BCUT2D eigenvalue weighted by Gasteiger charge is -2.32. The number of nitrogens with zero attached hydrogens (tertiary/aromatic N) is 3. The summed E-state index contributed by atoms with van der Waals surface area (Å²) in [5.41, 5.74) is -0.635. The summed E-state index contributed by atoms with van der Waals surface area (Å²) in [6, 6.07) is 0.679. The van der Waals surface area contributed by atoms with Gasteiger partial charge in [0.1, 0.15) is 17.6 Å². The third-order valence-electron chi connectivity index (χ3n) is 6.58. The summed E-state index contributed by atoms with van der Waals surface area (Å²) in [5.74, 6) is 0.852. The second-order valence-electron chi connectivity index (χ2n) is 8.63. The predicted molar refractivity (Wildman–Crippen MR) is 122 cm³/mol. The third-order valence-corrected chi connectivity index (χ3v) is 7.63. The van der Waals surface area contributed by atoms with Gasteiger partial charge < -0.3 is 10.4 Å². The minimum atomic E-state index is -1.03. The van der Waals surface area contributed by atoms with E-state index in [1.807, 2.05) is 11.8 Å². The molecule has 1 amide bonds. The van der Waals surface area contributed by atoms with E-state index in [2.05, 4.69) is 10.3 Å². The topological polar surface area (TPSA) is 106 Å². The van der Waals surface area contributed by atoms with E-state index in [-0.39, 0.29) is 34.8 Å². The molecule has 4 rings (SSSR count). The van der Waals surface area contributed by atoms with Gasteiger partial charge in [-0.1, -0.05) is 6.92 Å². The Morgan fingerprint density at radius 3 is 2.50 bits per heavy atom. The van der Waals surface area contributed by atoms with Crippen molar-refractivity contribution < 1.29 is 14.3 Å². The zero-order valence-corrected chi connectivity index (χ0v) is 18.9. The minimum absolute atomic E-state index is 0.0674. The highest BCUT2D eigenvalue weighted by atomic mass is 32.2. The number of hydrogen-bond donors (Lipinski definition) is 2. The largest absolute Gasteiger partial charge is 0.383 e. The molecule has 10 heteroatoms. The van der Waals surface area contributed by atoms with Crippen LogP contribution in [0.1, 0.15) is 64.0 Å². The molecule has 2 aromatic rings. The predicted octanol–water partition coefficient (Wildman–Crippen LogP) is 2.14. The Labute approximate surface area is 189 Å². The molecule has 0 aromatic carbocycles. The Bertz CT molecular complexity index is 1100. The average Bonchev–Trinajstić information content (AvgIpc) is 2.81. The van der Waals surface area contributed by atoms with Crippen LogP contribution in [-0.2, 0) is 4.79 Å². The number of nitrogens with one attached hydrogen (secondary N) is 1. The van der Waals surface area contributed by atoms with Crippen molar-refractivity contribution in [1.29, 1.82) is 0 Å². The fourth-order valence-electron chi connectivity index (χ4n) is 4.76. The van der Waals surface area contributed by atoms with E-state index in [0.717, 1.165) is 30.5 Å². The Balaban J connectivity index is 1.67. The van der Waals surface area contributed by atoms with E-state index >= 15 is 0 Å². The molecule has 0 spiro atoms. The van der Waals surface area contributed by atoms with E-state index in [1.165, 1.54) is 10.6 Å². The van der Waals surface area contributed by atoms with E-state index in [9.17, 15) is 23.9 Å². The number of thioether (sulfide) groups is 1. The second-order valence-corrected chi connectivity index (χ2v) is 9.86. The van der Waals surface area contributed by atoms with Gasteiger partial charge in [-0.15, -0.1) is 0 Å². The molecule has 2 aliphatic rings. The maximum Gasteiger partial charge on any atom is 0.333 e. The van der Waals surface area contributed by atoms with Crippen molar-refractivity contribution in [3.63, 3.8) is 0 Å². The zero-order valence-electron chi connectivity index (χ0n) is 18.1. The lowest BCUT2D eigenvalue weighted by atomic mass is 9.90. The standard InChI is InChI=1S/C22H29FN4O4S/c1-2-18(28)20(29)25-14-3-5-15(6-4-14)27-21(30)17-11-13(23)12-24-19(17)26(22(27)31)16-7-9-32-10-8-16/h11-12,14-16,18,28H,2-10H2,1H3,(H,25,29)/t14-,15+,18?.